The fourth-order valence-corrected chi connectivity index (χ4v) is 3.17. The van der Waals surface area contributed by atoms with Gasteiger partial charge in [-0.3, -0.25) is 9.69 Å². The Hall–Kier alpha value is -1.27. The van der Waals surface area contributed by atoms with Crippen molar-refractivity contribution in [1.29, 1.82) is 0 Å². The van der Waals surface area contributed by atoms with Gasteiger partial charge in [-0.25, -0.2) is 8.60 Å². The van der Waals surface area contributed by atoms with Gasteiger partial charge in [0.1, 0.15) is 5.82 Å². The molecule has 1 aromatic carbocycles. The molecule has 0 spiro atoms. The van der Waals surface area contributed by atoms with E-state index in [2.05, 4.69) is 4.36 Å². The van der Waals surface area contributed by atoms with Gasteiger partial charge in [-0.05, 0) is 43.5 Å². The number of halogens is 1. The third kappa shape index (κ3) is 4.35. The molecule has 0 N–H and O–H groups in total. The summed E-state index contributed by atoms with van der Waals surface area (Å²) in [6.07, 6.45) is 4.58. The molecule has 0 aromatic heterocycles. The number of nitrogens with zero attached hydrogens (tertiary/aromatic N) is 2. The monoisotopic (exact) mass is 312 g/mol. The summed E-state index contributed by atoms with van der Waals surface area (Å²) in [7, 11) is -2.42. The van der Waals surface area contributed by atoms with E-state index >= 15 is 0 Å². The minimum absolute atomic E-state index is 0.223. The summed E-state index contributed by atoms with van der Waals surface area (Å²) in [5.41, 5.74) is 1.58. The van der Waals surface area contributed by atoms with Crippen LogP contribution in [-0.4, -0.2) is 40.1 Å². The molecule has 4 nitrogen and oxygen atoms in total. The molecule has 1 aliphatic rings. The highest BCUT2D eigenvalue weighted by molar-refractivity contribution is 7.92. The van der Waals surface area contributed by atoms with Crippen LogP contribution in [0.25, 0.3) is 0 Å². The molecule has 1 atom stereocenters. The zero-order valence-corrected chi connectivity index (χ0v) is 13.5. The van der Waals surface area contributed by atoms with E-state index in [1.54, 1.807) is 19.1 Å². The number of aryl methyl sites for hydroxylation is 1. The summed E-state index contributed by atoms with van der Waals surface area (Å²) < 4.78 is 28.7. The van der Waals surface area contributed by atoms with E-state index in [0.29, 0.717) is 12.1 Å². The average molecular weight is 312 g/mol. The number of rotatable bonds is 3. The second kappa shape index (κ2) is 6.23. The van der Waals surface area contributed by atoms with Crippen molar-refractivity contribution in [2.75, 3.05) is 19.1 Å². The van der Waals surface area contributed by atoms with Crippen LogP contribution in [-0.2, 0) is 21.1 Å². The van der Waals surface area contributed by atoms with Crippen molar-refractivity contribution < 1.29 is 13.4 Å². The second-order valence-corrected chi connectivity index (χ2v) is 8.37. The van der Waals surface area contributed by atoms with Crippen LogP contribution in [0.4, 0.5) is 4.39 Å². The van der Waals surface area contributed by atoms with Crippen LogP contribution in [0.3, 0.4) is 0 Å². The summed E-state index contributed by atoms with van der Waals surface area (Å²) in [5, 5.41) is 0. The standard InChI is InChI=1S/C15H21FN2O2S/c1-11-9-12(6-7-13(11)16)10-18-8-4-5-14(18)15(19)17-21(2,3)20/h6-7,9,14H,4-5,8,10H2,1-3H3/t14-/m0/s1. The van der Waals surface area contributed by atoms with Crippen molar-refractivity contribution in [2.45, 2.75) is 32.4 Å². The number of amides is 1. The van der Waals surface area contributed by atoms with Crippen LogP contribution < -0.4 is 0 Å². The molecule has 6 heteroatoms. The van der Waals surface area contributed by atoms with E-state index in [4.69, 9.17) is 0 Å². The Morgan fingerprint density at radius 3 is 2.81 bits per heavy atom. The SMILES string of the molecule is Cc1cc(CN2CCC[C@H]2C(=O)N=S(C)(C)=O)ccc1F. The van der Waals surface area contributed by atoms with Gasteiger partial charge < -0.3 is 0 Å². The maximum atomic E-state index is 13.3. The van der Waals surface area contributed by atoms with Gasteiger partial charge >= 0.3 is 0 Å². The van der Waals surface area contributed by atoms with E-state index in [1.807, 2.05) is 4.90 Å². The molecule has 1 fully saturated rings. The highest BCUT2D eigenvalue weighted by Gasteiger charge is 2.30. The molecule has 21 heavy (non-hydrogen) atoms. The molecule has 1 heterocycles. The average Bonchev–Trinajstić information content (AvgIpc) is 2.80. The molecule has 0 bridgehead atoms. The lowest BCUT2D eigenvalue weighted by Gasteiger charge is -2.22. The van der Waals surface area contributed by atoms with Crippen molar-refractivity contribution in [1.82, 2.24) is 4.90 Å². The summed E-state index contributed by atoms with van der Waals surface area (Å²) in [5.74, 6) is -0.527. The van der Waals surface area contributed by atoms with Gasteiger partial charge in [-0.1, -0.05) is 12.1 Å². The highest BCUT2D eigenvalue weighted by atomic mass is 32.2. The Morgan fingerprint density at radius 2 is 2.19 bits per heavy atom. The maximum absolute atomic E-state index is 13.3. The smallest absolute Gasteiger partial charge is 0.271 e. The number of benzene rings is 1. The largest absolute Gasteiger partial charge is 0.288 e. The van der Waals surface area contributed by atoms with Gasteiger partial charge in [0.15, 0.2) is 0 Å². The fourth-order valence-electron chi connectivity index (χ4n) is 2.61. The number of likely N-dealkylation sites (tertiary alicyclic amines) is 1. The van der Waals surface area contributed by atoms with Crippen LogP contribution >= 0.6 is 0 Å². The molecule has 0 saturated carbocycles. The first-order valence-electron chi connectivity index (χ1n) is 6.96. The summed E-state index contributed by atoms with van der Waals surface area (Å²) in [6, 6.07) is 4.68. The van der Waals surface area contributed by atoms with Crippen LogP contribution in [0.1, 0.15) is 24.0 Å². The number of carbonyl (C=O) groups excluding carboxylic acids is 1. The Balaban J connectivity index is 2.14. The van der Waals surface area contributed by atoms with Crippen LogP contribution in [0.5, 0.6) is 0 Å². The molecular formula is C15H21FN2O2S. The van der Waals surface area contributed by atoms with Gasteiger partial charge in [0.05, 0.1) is 6.04 Å². The van der Waals surface area contributed by atoms with Gasteiger partial charge in [-0.2, -0.15) is 4.36 Å². The van der Waals surface area contributed by atoms with E-state index in [9.17, 15) is 13.4 Å². The third-order valence-corrected chi connectivity index (χ3v) is 4.19. The molecule has 1 aromatic rings. The Bertz CT molecular complexity index is 658. The zero-order valence-electron chi connectivity index (χ0n) is 12.6. The lowest BCUT2D eigenvalue weighted by atomic mass is 10.1. The first kappa shape index (κ1) is 16.1. The first-order chi connectivity index (χ1) is 9.76. The van der Waals surface area contributed by atoms with Crippen molar-refractivity contribution >= 4 is 15.6 Å². The molecule has 2 rings (SSSR count). The first-order valence-corrected chi connectivity index (χ1v) is 9.29. The van der Waals surface area contributed by atoms with Crippen molar-refractivity contribution in [2.24, 2.45) is 4.36 Å². The number of hydrogen-bond acceptors (Lipinski definition) is 3. The van der Waals surface area contributed by atoms with E-state index < -0.39 is 9.73 Å². The zero-order chi connectivity index (χ0) is 15.6. The number of hydrogen-bond donors (Lipinski definition) is 0. The Morgan fingerprint density at radius 1 is 1.48 bits per heavy atom. The van der Waals surface area contributed by atoms with E-state index in [-0.39, 0.29) is 17.8 Å². The molecule has 0 radical (unpaired) electrons. The normalized spacial score (nSPS) is 19.7. The molecular weight excluding hydrogens is 291 g/mol. The van der Waals surface area contributed by atoms with Crippen molar-refractivity contribution in [3.8, 4) is 0 Å². The van der Waals surface area contributed by atoms with E-state index in [1.165, 1.54) is 18.6 Å². The topological polar surface area (TPSA) is 49.7 Å². The van der Waals surface area contributed by atoms with Gasteiger partial charge in [0.25, 0.3) is 5.91 Å². The van der Waals surface area contributed by atoms with Gasteiger partial charge in [0, 0.05) is 28.8 Å². The Labute approximate surface area is 125 Å². The molecule has 1 aliphatic heterocycles. The third-order valence-electron chi connectivity index (χ3n) is 3.57. The Kier molecular flexibility index (Phi) is 4.78. The predicted octanol–water partition coefficient (Wildman–Crippen LogP) is 2.35. The lowest BCUT2D eigenvalue weighted by molar-refractivity contribution is -0.122. The van der Waals surface area contributed by atoms with Gasteiger partial charge in [0.2, 0.25) is 0 Å². The van der Waals surface area contributed by atoms with Crippen LogP contribution in [0.2, 0.25) is 0 Å². The minimum atomic E-state index is -2.42. The van der Waals surface area contributed by atoms with Gasteiger partial charge in [-0.15, -0.1) is 0 Å². The van der Waals surface area contributed by atoms with Crippen LogP contribution in [0, 0.1) is 12.7 Å². The summed E-state index contributed by atoms with van der Waals surface area (Å²) in [6.45, 7) is 3.11. The molecule has 0 unspecified atom stereocenters. The lowest BCUT2D eigenvalue weighted by Crippen LogP contribution is -2.35. The predicted molar refractivity (Wildman–Crippen MR) is 82.0 cm³/mol. The number of carbonyl (C=O) groups is 1. The molecule has 1 saturated heterocycles. The van der Waals surface area contributed by atoms with Crippen LogP contribution in [0.15, 0.2) is 22.6 Å². The van der Waals surface area contributed by atoms with Crippen molar-refractivity contribution in [3.63, 3.8) is 0 Å². The second-order valence-electron chi connectivity index (χ2n) is 5.82. The van der Waals surface area contributed by atoms with Crippen molar-refractivity contribution in [3.05, 3.63) is 35.1 Å². The van der Waals surface area contributed by atoms with E-state index in [0.717, 1.165) is 24.9 Å². The molecule has 116 valence electrons. The molecule has 0 aliphatic carbocycles. The molecule has 1 amide bonds. The quantitative estimate of drug-likeness (QED) is 0.861. The fraction of sp³-hybridized carbons (Fsp3) is 0.533. The highest BCUT2D eigenvalue weighted by Crippen LogP contribution is 2.22. The summed E-state index contributed by atoms with van der Waals surface area (Å²) in [4.78, 5) is 14.2. The minimum Gasteiger partial charge on any atom is -0.288 e. The summed E-state index contributed by atoms with van der Waals surface area (Å²) >= 11 is 0. The maximum Gasteiger partial charge on any atom is 0.271 e.